The molecule has 1 aliphatic rings. The highest BCUT2D eigenvalue weighted by Gasteiger charge is 2.17. The highest BCUT2D eigenvalue weighted by molar-refractivity contribution is 5.74. The van der Waals surface area contributed by atoms with Gasteiger partial charge in [-0.15, -0.1) is 0 Å². The number of aromatic nitrogens is 1. The average Bonchev–Trinajstić information content (AvgIpc) is 2.64. The zero-order valence-electron chi connectivity index (χ0n) is 14.5. The number of hydrogen-bond donors (Lipinski definition) is 2. The van der Waals surface area contributed by atoms with Crippen LogP contribution >= 0.6 is 0 Å². The number of ether oxygens (including phenoxy) is 2. The number of nitrogens with one attached hydrogen (secondary N) is 2. The number of amides is 2. The fraction of sp³-hybridized carbons (Fsp3) is 0.368. The van der Waals surface area contributed by atoms with Gasteiger partial charge < -0.3 is 20.1 Å². The van der Waals surface area contributed by atoms with E-state index in [0.717, 1.165) is 34.9 Å². The van der Waals surface area contributed by atoms with Gasteiger partial charge in [-0.05, 0) is 43.2 Å². The number of benzene rings is 1. The molecule has 1 aliphatic heterocycles. The van der Waals surface area contributed by atoms with Crippen LogP contribution in [0.25, 0.3) is 0 Å². The summed E-state index contributed by atoms with van der Waals surface area (Å²) in [6.07, 6.45) is 0.774. The van der Waals surface area contributed by atoms with Crippen LogP contribution in [-0.4, -0.2) is 24.2 Å². The van der Waals surface area contributed by atoms with Crippen LogP contribution in [0.2, 0.25) is 0 Å². The van der Waals surface area contributed by atoms with Crippen LogP contribution in [0, 0.1) is 6.92 Å². The maximum Gasteiger partial charge on any atom is 0.315 e. The third-order valence-corrected chi connectivity index (χ3v) is 4.06. The summed E-state index contributed by atoms with van der Waals surface area (Å²) in [4.78, 5) is 16.6. The van der Waals surface area contributed by atoms with E-state index in [0.29, 0.717) is 19.8 Å². The van der Waals surface area contributed by atoms with Crippen LogP contribution in [0.3, 0.4) is 0 Å². The Hall–Kier alpha value is -2.76. The largest absolute Gasteiger partial charge is 0.486 e. The van der Waals surface area contributed by atoms with E-state index in [1.807, 2.05) is 50.2 Å². The number of aryl methyl sites for hydroxylation is 1. The first-order valence-corrected chi connectivity index (χ1v) is 8.52. The number of rotatable bonds is 5. The normalized spacial score (nSPS) is 13.8. The number of carbonyl (C=O) groups is 1. The van der Waals surface area contributed by atoms with E-state index in [1.165, 1.54) is 0 Å². The molecule has 1 atom stereocenters. The lowest BCUT2D eigenvalue weighted by atomic mass is 10.0. The fourth-order valence-corrected chi connectivity index (χ4v) is 2.78. The molecule has 6 heteroatoms. The van der Waals surface area contributed by atoms with E-state index in [9.17, 15) is 4.79 Å². The number of pyridine rings is 1. The van der Waals surface area contributed by atoms with Crippen molar-refractivity contribution in [3.05, 3.63) is 53.3 Å². The Morgan fingerprint density at radius 1 is 1.20 bits per heavy atom. The monoisotopic (exact) mass is 341 g/mol. The van der Waals surface area contributed by atoms with Gasteiger partial charge in [-0.25, -0.2) is 4.79 Å². The van der Waals surface area contributed by atoms with E-state index in [1.54, 1.807) is 0 Å². The lowest BCUT2D eigenvalue weighted by Gasteiger charge is -2.22. The van der Waals surface area contributed by atoms with E-state index in [4.69, 9.17) is 9.47 Å². The van der Waals surface area contributed by atoms with Gasteiger partial charge in [0, 0.05) is 5.69 Å². The van der Waals surface area contributed by atoms with Crippen molar-refractivity contribution in [2.75, 3.05) is 13.2 Å². The number of urea groups is 1. The maximum absolute atomic E-state index is 12.2. The highest BCUT2D eigenvalue weighted by atomic mass is 16.6. The molecular formula is C19H23N3O3. The summed E-state index contributed by atoms with van der Waals surface area (Å²) >= 11 is 0. The van der Waals surface area contributed by atoms with Crippen molar-refractivity contribution >= 4 is 6.03 Å². The van der Waals surface area contributed by atoms with Gasteiger partial charge in [-0.2, -0.15) is 0 Å². The van der Waals surface area contributed by atoms with Gasteiger partial charge in [-0.3, -0.25) is 4.98 Å². The Bertz CT molecular complexity index is 748. The second-order valence-corrected chi connectivity index (χ2v) is 5.96. The topological polar surface area (TPSA) is 72.5 Å². The molecule has 0 radical (unpaired) electrons. The molecule has 25 heavy (non-hydrogen) atoms. The second-order valence-electron chi connectivity index (χ2n) is 5.96. The maximum atomic E-state index is 12.2. The third kappa shape index (κ3) is 4.41. The Balaban J connectivity index is 1.60. The Morgan fingerprint density at radius 2 is 2.00 bits per heavy atom. The summed E-state index contributed by atoms with van der Waals surface area (Å²) in [5, 5.41) is 5.86. The van der Waals surface area contributed by atoms with Crippen molar-refractivity contribution in [1.82, 2.24) is 15.6 Å². The van der Waals surface area contributed by atoms with Crippen molar-refractivity contribution in [1.29, 1.82) is 0 Å². The fourth-order valence-electron chi connectivity index (χ4n) is 2.78. The van der Waals surface area contributed by atoms with Gasteiger partial charge in [0.2, 0.25) is 0 Å². The van der Waals surface area contributed by atoms with Crippen molar-refractivity contribution in [2.45, 2.75) is 32.9 Å². The molecule has 3 rings (SSSR count). The predicted octanol–water partition coefficient (Wildman–Crippen LogP) is 3.11. The predicted molar refractivity (Wildman–Crippen MR) is 94.8 cm³/mol. The molecule has 0 saturated carbocycles. The molecule has 1 aromatic carbocycles. The number of hydrogen-bond acceptors (Lipinski definition) is 4. The minimum atomic E-state index is -0.218. The van der Waals surface area contributed by atoms with Crippen molar-refractivity contribution in [3.8, 4) is 11.5 Å². The summed E-state index contributed by atoms with van der Waals surface area (Å²) in [6.45, 7) is 5.47. The quantitative estimate of drug-likeness (QED) is 0.876. The summed E-state index contributed by atoms with van der Waals surface area (Å²) in [5.41, 5.74) is 2.76. The number of fused-ring (bicyclic) bond motifs is 1. The molecule has 1 unspecified atom stereocenters. The average molecular weight is 341 g/mol. The molecule has 2 aromatic rings. The van der Waals surface area contributed by atoms with Crippen molar-refractivity contribution < 1.29 is 14.3 Å². The first kappa shape index (κ1) is 17.1. The lowest BCUT2D eigenvalue weighted by molar-refractivity contribution is 0.171. The van der Waals surface area contributed by atoms with Crippen molar-refractivity contribution in [3.63, 3.8) is 0 Å². The van der Waals surface area contributed by atoms with Crippen LogP contribution in [0.5, 0.6) is 11.5 Å². The van der Waals surface area contributed by atoms with E-state index < -0.39 is 0 Å². The molecule has 0 fully saturated rings. The zero-order valence-corrected chi connectivity index (χ0v) is 14.5. The van der Waals surface area contributed by atoms with E-state index >= 15 is 0 Å². The van der Waals surface area contributed by atoms with Gasteiger partial charge >= 0.3 is 6.03 Å². The Labute approximate surface area is 147 Å². The Kier molecular flexibility index (Phi) is 5.38. The van der Waals surface area contributed by atoms with E-state index in [2.05, 4.69) is 15.6 Å². The van der Waals surface area contributed by atoms with E-state index in [-0.39, 0.29) is 12.1 Å². The molecule has 0 aliphatic carbocycles. The number of nitrogens with zero attached hydrogens (tertiary/aromatic N) is 1. The standard InChI is InChI=1S/C19H23N3O3/c1-3-16(14-7-8-17-18(11-14)25-10-9-24-17)22-19(23)20-12-15-6-4-5-13(2)21-15/h4-8,11,16H,3,9-10,12H2,1-2H3,(H2,20,22,23). The molecule has 0 saturated heterocycles. The molecule has 1 aromatic heterocycles. The molecule has 0 bridgehead atoms. The van der Waals surface area contributed by atoms with Gasteiger partial charge in [0.05, 0.1) is 18.3 Å². The molecule has 0 spiro atoms. The third-order valence-electron chi connectivity index (χ3n) is 4.06. The molecule has 2 heterocycles. The van der Waals surface area contributed by atoms with Gasteiger partial charge in [0.1, 0.15) is 13.2 Å². The molecule has 2 amide bonds. The second kappa shape index (κ2) is 7.88. The van der Waals surface area contributed by atoms with Gasteiger partial charge in [0.15, 0.2) is 11.5 Å². The highest BCUT2D eigenvalue weighted by Crippen LogP contribution is 2.33. The molecule has 132 valence electrons. The number of carbonyl (C=O) groups excluding carboxylic acids is 1. The van der Waals surface area contributed by atoms with Crippen LogP contribution in [0.15, 0.2) is 36.4 Å². The van der Waals surface area contributed by atoms with Crippen LogP contribution < -0.4 is 20.1 Å². The summed E-state index contributed by atoms with van der Waals surface area (Å²) < 4.78 is 11.2. The summed E-state index contributed by atoms with van der Waals surface area (Å²) in [7, 11) is 0. The summed E-state index contributed by atoms with van der Waals surface area (Å²) in [5.74, 6) is 1.48. The van der Waals surface area contributed by atoms with Crippen molar-refractivity contribution in [2.24, 2.45) is 0 Å². The van der Waals surface area contributed by atoms with Gasteiger partial charge in [0.25, 0.3) is 0 Å². The molecule has 2 N–H and O–H groups in total. The minimum absolute atomic E-state index is 0.0960. The van der Waals surface area contributed by atoms with Crippen LogP contribution in [-0.2, 0) is 6.54 Å². The van der Waals surface area contributed by atoms with Crippen LogP contribution in [0.1, 0.15) is 36.3 Å². The smallest absolute Gasteiger partial charge is 0.315 e. The van der Waals surface area contributed by atoms with Gasteiger partial charge in [-0.1, -0.05) is 19.1 Å². The summed E-state index contributed by atoms with van der Waals surface area (Å²) in [6, 6.07) is 11.2. The first-order chi connectivity index (χ1) is 12.2. The first-order valence-electron chi connectivity index (χ1n) is 8.52. The zero-order chi connectivity index (χ0) is 17.6. The molecular weight excluding hydrogens is 318 g/mol. The Morgan fingerprint density at radius 3 is 2.76 bits per heavy atom. The molecule has 6 nitrogen and oxygen atoms in total. The minimum Gasteiger partial charge on any atom is -0.486 e. The van der Waals surface area contributed by atoms with Crippen LogP contribution in [0.4, 0.5) is 4.79 Å². The lowest BCUT2D eigenvalue weighted by Crippen LogP contribution is -2.37. The SMILES string of the molecule is CCC(NC(=O)NCc1cccc(C)n1)c1ccc2c(c1)OCCO2.